The Labute approximate surface area is 138 Å². The second-order valence-corrected chi connectivity index (χ2v) is 5.29. The molecular weight excluding hydrogens is 306 g/mol. The van der Waals surface area contributed by atoms with E-state index in [0.29, 0.717) is 17.7 Å². The normalized spacial score (nSPS) is 11.9. The molecule has 0 aliphatic carbocycles. The molecule has 0 radical (unpaired) electrons. The molecule has 2 N–H and O–H groups in total. The smallest absolute Gasteiger partial charge is 0.338 e. The van der Waals surface area contributed by atoms with Gasteiger partial charge in [-0.05, 0) is 36.8 Å². The van der Waals surface area contributed by atoms with Crippen LogP contribution in [0.5, 0.6) is 0 Å². The molecule has 122 valence electrons. The summed E-state index contributed by atoms with van der Waals surface area (Å²) < 4.78 is 5.36. The highest BCUT2D eigenvalue weighted by Gasteiger charge is 2.22. The van der Waals surface area contributed by atoms with Gasteiger partial charge in [0.25, 0.3) is 5.91 Å². The number of amides is 1. The van der Waals surface area contributed by atoms with Crippen molar-refractivity contribution >= 4 is 28.6 Å². The molecule has 1 atom stereocenters. The van der Waals surface area contributed by atoms with Crippen LogP contribution >= 0.6 is 0 Å². The fraction of sp³-hybridized carbons (Fsp3) is 0.167. The maximum atomic E-state index is 12.3. The van der Waals surface area contributed by atoms with E-state index in [0.717, 1.165) is 11.0 Å². The summed E-state index contributed by atoms with van der Waals surface area (Å²) in [5.41, 5.74) is 2.54. The number of fused-ring (bicyclic) bond motifs is 1. The van der Waals surface area contributed by atoms with Crippen molar-refractivity contribution in [2.75, 3.05) is 5.32 Å². The van der Waals surface area contributed by atoms with E-state index in [4.69, 9.17) is 4.74 Å². The van der Waals surface area contributed by atoms with Crippen LogP contribution < -0.4 is 5.32 Å². The SMILES string of the molecule is CCC(OC(=O)c1ccc2nc[nH]c2c1)C(=O)Nc1ccccc1. The lowest BCUT2D eigenvalue weighted by Gasteiger charge is -2.16. The monoisotopic (exact) mass is 323 g/mol. The molecule has 0 aliphatic heterocycles. The van der Waals surface area contributed by atoms with Gasteiger partial charge in [-0.25, -0.2) is 9.78 Å². The topological polar surface area (TPSA) is 84.1 Å². The Hall–Kier alpha value is -3.15. The average Bonchev–Trinajstić information content (AvgIpc) is 3.07. The van der Waals surface area contributed by atoms with Gasteiger partial charge in [-0.15, -0.1) is 0 Å². The summed E-state index contributed by atoms with van der Waals surface area (Å²) in [6.07, 6.45) is 1.09. The Kier molecular flexibility index (Phi) is 4.56. The van der Waals surface area contributed by atoms with Crippen molar-refractivity contribution in [3.8, 4) is 0 Å². The van der Waals surface area contributed by atoms with Gasteiger partial charge in [-0.2, -0.15) is 0 Å². The molecule has 3 aromatic rings. The molecule has 0 bridgehead atoms. The number of benzene rings is 2. The molecule has 6 heteroatoms. The zero-order valence-electron chi connectivity index (χ0n) is 13.2. The summed E-state index contributed by atoms with van der Waals surface area (Å²) >= 11 is 0. The zero-order chi connectivity index (χ0) is 16.9. The molecule has 0 aliphatic rings. The number of ether oxygens (including phenoxy) is 1. The quantitative estimate of drug-likeness (QED) is 0.707. The highest BCUT2D eigenvalue weighted by molar-refractivity contribution is 5.98. The van der Waals surface area contributed by atoms with Crippen LogP contribution in [0.2, 0.25) is 0 Å². The minimum Gasteiger partial charge on any atom is -0.449 e. The number of nitrogens with one attached hydrogen (secondary N) is 2. The number of hydrogen-bond acceptors (Lipinski definition) is 4. The van der Waals surface area contributed by atoms with Gasteiger partial charge in [-0.3, -0.25) is 4.79 Å². The number of imidazole rings is 1. The minimum absolute atomic E-state index is 0.348. The number of H-pyrrole nitrogens is 1. The van der Waals surface area contributed by atoms with Crippen LogP contribution in [0.25, 0.3) is 11.0 Å². The van der Waals surface area contributed by atoms with Crippen LogP contribution in [0, 0.1) is 0 Å². The van der Waals surface area contributed by atoms with E-state index in [2.05, 4.69) is 15.3 Å². The third kappa shape index (κ3) is 3.43. The third-order valence-electron chi connectivity index (χ3n) is 3.61. The maximum absolute atomic E-state index is 12.3. The number of carbonyl (C=O) groups excluding carboxylic acids is 2. The van der Waals surface area contributed by atoms with Gasteiger partial charge in [0.1, 0.15) is 0 Å². The summed E-state index contributed by atoms with van der Waals surface area (Å²) in [4.78, 5) is 31.6. The molecule has 0 fully saturated rings. The van der Waals surface area contributed by atoms with Gasteiger partial charge in [0.15, 0.2) is 6.10 Å². The Morgan fingerprint density at radius 3 is 2.75 bits per heavy atom. The van der Waals surface area contributed by atoms with Crippen molar-refractivity contribution in [3.63, 3.8) is 0 Å². The fourth-order valence-corrected chi connectivity index (χ4v) is 2.33. The van der Waals surface area contributed by atoms with Crippen LogP contribution in [-0.2, 0) is 9.53 Å². The van der Waals surface area contributed by atoms with Crippen LogP contribution in [0.3, 0.4) is 0 Å². The number of anilines is 1. The molecule has 0 saturated carbocycles. The third-order valence-corrected chi connectivity index (χ3v) is 3.61. The molecule has 24 heavy (non-hydrogen) atoms. The van der Waals surface area contributed by atoms with Gasteiger partial charge >= 0.3 is 5.97 Å². The number of aromatic amines is 1. The summed E-state index contributed by atoms with van der Waals surface area (Å²) in [6.45, 7) is 1.79. The Bertz CT molecular complexity index is 858. The number of aromatic nitrogens is 2. The van der Waals surface area contributed by atoms with Gasteiger partial charge in [0.05, 0.1) is 22.9 Å². The van der Waals surface area contributed by atoms with E-state index in [1.165, 1.54) is 0 Å². The van der Waals surface area contributed by atoms with E-state index in [1.54, 1.807) is 43.6 Å². The molecule has 1 aromatic heterocycles. The van der Waals surface area contributed by atoms with Gasteiger partial charge in [0, 0.05) is 5.69 Å². The number of esters is 1. The second kappa shape index (κ2) is 6.95. The standard InChI is InChI=1S/C18H17N3O3/c1-2-16(17(22)21-13-6-4-3-5-7-13)24-18(23)12-8-9-14-15(10-12)20-11-19-14/h3-11,16H,2H2,1H3,(H,19,20)(H,21,22). The van der Waals surface area contributed by atoms with Crippen molar-refractivity contribution in [2.45, 2.75) is 19.4 Å². The highest BCUT2D eigenvalue weighted by atomic mass is 16.5. The van der Waals surface area contributed by atoms with Crippen molar-refractivity contribution < 1.29 is 14.3 Å². The average molecular weight is 323 g/mol. The first kappa shape index (κ1) is 15.7. The predicted molar refractivity (Wildman–Crippen MR) is 90.7 cm³/mol. The molecule has 6 nitrogen and oxygen atoms in total. The molecule has 1 heterocycles. The Morgan fingerprint density at radius 2 is 2.00 bits per heavy atom. The first-order valence-electron chi connectivity index (χ1n) is 7.67. The molecule has 2 aromatic carbocycles. The second-order valence-electron chi connectivity index (χ2n) is 5.29. The number of rotatable bonds is 5. The van der Waals surface area contributed by atoms with Crippen LogP contribution in [-0.4, -0.2) is 27.9 Å². The van der Waals surface area contributed by atoms with Gasteiger partial charge < -0.3 is 15.0 Å². The fourth-order valence-electron chi connectivity index (χ4n) is 2.33. The highest BCUT2D eigenvalue weighted by Crippen LogP contribution is 2.15. The lowest BCUT2D eigenvalue weighted by Crippen LogP contribution is -2.32. The Balaban J connectivity index is 1.69. The zero-order valence-corrected chi connectivity index (χ0v) is 13.2. The summed E-state index contributed by atoms with van der Waals surface area (Å²) in [7, 11) is 0. The lowest BCUT2D eigenvalue weighted by atomic mass is 10.2. The maximum Gasteiger partial charge on any atom is 0.338 e. The first-order valence-corrected chi connectivity index (χ1v) is 7.67. The van der Waals surface area contributed by atoms with Crippen molar-refractivity contribution in [2.24, 2.45) is 0 Å². The summed E-state index contributed by atoms with van der Waals surface area (Å²) in [5.74, 6) is -0.888. The molecule has 0 saturated heterocycles. The Morgan fingerprint density at radius 1 is 1.21 bits per heavy atom. The predicted octanol–water partition coefficient (Wildman–Crippen LogP) is 3.14. The van der Waals surface area contributed by atoms with Crippen LogP contribution in [0.1, 0.15) is 23.7 Å². The summed E-state index contributed by atoms with van der Waals surface area (Å²) in [5, 5.41) is 2.74. The number of hydrogen-bond donors (Lipinski definition) is 2. The largest absolute Gasteiger partial charge is 0.449 e. The van der Waals surface area contributed by atoms with E-state index in [9.17, 15) is 9.59 Å². The van der Waals surface area contributed by atoms with Crippen LogP contribution in [0.4, 0.5) is 5.69 Å². The van der Waals surface area contributed by atoms with Gasteiger partial charge in [0.2, 0.25) is 0 Å². The van der Waals surface area contributed by atoms with E-state index in [-0.39, 0.29) is 5.91 Å². The summed E-state index contributed by atoms with van der Waals surface area (Å²) in [6, 6.07) is 14.1. The number of nitrogens with zero attached hydrogens (tertiary/aromatic N) is 1. The molecular formula is C18H17N3O3. The molecule has 1 amide bonds. The van der Waals surface area contributed by atoms with E-state index >= 15 is 0 Å². The van der Waals surface area contributed by atoms with Crippen molar-refractivity contribution in [3.05, 3.63) is 60.4 Å². The molecule has 3 rings (SSSR count). The van der Waals surface area contributed by atoms with Crippen LogP contribution in [0.15, 0.2) is 54.9 Å². The lowest BCUT2D eigenvalue weighted by molar-refractivity contribution is -0.124. The van der Waals surface area contributed by atoms with Crippen molar-refractivity contribution in [1.82, 2.24) is 9.97 Å². The number of para-hydroxylation sites is 1. The first-order chi connectivity index (χ1) is 11.7. The van der Waals surface area contributed by atoms with Gasteiger partial charge in [-0.1, -0.05) is 25.1 Å². The molecule has 0 spiro atoms. The van der Waals surface area contributed by atoms with E-state index in [1.807, 2.05) is 18.2 Å². The van der Waals surface area contributed by atoms with E-state index < -0.39 is 12.1 Å². The molecule has 1 unspecified atom stereocenters. The minimum atomic E-state index is -0.852. The number of carbonyl (C=O) groups is 2. The van der Waals surface area contributed by atoms with Crippen molar-refractivity contribution in [1.29, 1.82) is 0 Å².